The first kappa shape index (κ1) is 27.5. The van der Waals surface area contributed by atoms with Crippen LogP contribution < -0.4 is 19.4 Å². The van der Waals surface area contributed by atoms with Crippen molar-refractivity contribution in [2.75, 3.05) is 56.9 Å². The highest BCUT2D eigenvalue weighted by Gasteiger charge is 2.28. The van der Waals surface area contributed by atoms with E-state index in [0.717, 1.165) is 36.8 Å². The third kappa shape index (κ3) is 6.75. The molecule has 0 spiro atoms. The van der Waals surface area contributed by atoms with Gasteiger partial charge in [-0.1, -0.05) is 32.3 Å². The number of ether oxygens (including phenoxy) is 2. The molecule has 210 valence electrons. The standard InChI is InChI=1S/C32H44N4O3/c1-24-19-33-36(20-24)29-13-7-12-28(18-29)35(32(37)27-14-15-30(38-2)31(17-27)39-3)23-26-11-8-16-34(22-26)21-25-9-5-4-6-10-25/h7,12-15,17-19,24-26H,4-6,8-11,16,20-23H2,1-3H3/t24?,26-/m1/s1. The van der Waals surface area contributed by atoms with Crippen molar-refractivity contribution in [3.63, 3.8) is 0 Å². The Morgan fingerprint density at radius 3 is 2.49 bits per heavy atom. The zero-order chi connectivity index (χ0) is 27.2. The first-order valence-electron chi connectivity index (χ1n) is 14.7. The van der Waals surface area contributed by atoms with Gasteiger partial charge in [0.15, 0.2) is 11.5 Å². The van der Waals surface area contributed by atoms with Gasteiger partial charge in [-0.15, -0.1) is 0 Å². The van der Waals surface area contributed by atoms with Crippen LogP contribution in [0.1, 0.15) is 62.2 Å². The number of carbonyl (C=O) groups excluding carboxylic acids is 1. The van der Waals surface area contributed by atoms with E-state index in [-0.39, 0.29) is 5.91 Å². The van der Waals surface area contributed by atoms with Gasteiger partial charge in [0.2, 0.25) is 0 Å². The minimum Gasteiger partial charge on any atom is -0.493 e. The van der Waals surface area contributed by atoms with Crippen LogP contribution in [0.2, 0.25) is 0 Å². The number of nitrogens with zero attached hydrogens (tertiary/aromatic N) is 4. The van der Waals surface area contributed by atoms with E-state index < -0.39 is 0 Å². The molecule has 1 amide bonds. The zero-order valence-electron chi connectivity index (χ0n) is 23.8. The largest absolute Gasteiger partial charge is 0.493 e. The van der Waals surface area contributed by atoms with Gasteiger partial charge >= 0.3 is 0 Å². The smallest absolute Gasteiger partial charge is 0.258 e. The van der Waals surface area contributed by atoms with E-state index in [1.807, 2.05) is 40.4 Å². The highest BCUT2D eigenvalue weighted by Crippen LogP contribution is 2.32. The van der Waals surface area contributed by atoms with Crippen LogP contribution in [0.4, 0.5) is 11.4 Å². The monoisotopic (exact) mass is 532 g/mol. The van der Waals surface area contributed by atoms with Crippen molar-refractivity contribution in [3.05, 3.63) is 48.0 Å². The normalized spacial score (nSPS) is 22.2. The summed E-state index contributed by atoms with van der Waals surface area (Å²) in [4.78, 5) is 18.8. The molecule has 7 nitrogen and oxygen atoms in total. The lowest BCUT2D eigenvalue weighted by molar-refractivity contribution is 0.0966. The average molecular weight is 533 g/mol. The number of methoxy groups -OCH3 is 2. The molecule has 2 heterocycles. The molecule has 1 saturated carbocycles. The van der Waals surface area contributed by atoms with Crippen molar-refractivity contribution in [2.24, 2.45) is 22.9 Å². The summed E-state index contributed by atoms with van der Waals surface area (Å²) in [5, 5.41) is 6.61. The van der Waals surface area contributed by atoms with Crippen molar-refractivity contribution >= 4 is 23.5 Å². The van der Waals surface area contributed by atoms with Crippen LogP contribution in [0.25, 0.3) is 0 Å². The number of hydrazone groups is 1. The Morgan fingerprint density at radius 2 is 1.74 bits per heavy atom. The predicted molar refractivity (Wildman–Crippen MR) is 158 cm³/mol. The highest BCUT2D eigenvalue weighted by atomic mass is 16.5. The van der Waals surface area contributed by atoms with E-state index in [1.54, 1.807) is 20.3 Å². The van der Waals surface area contributed by atoms with E-state index in [9.17, 15) is 4.79 Å². The molecule has 0 aromatic heterocycles. The average Bonchev–Trinajstić information content (AvgIpc) is 3.42. The molecule has 3 aliphatic rings. The molecule has 1 unspecified atom stereocenters. The van der Waals surface area contributed by atoms with Gasteiger partial charge in [-0.05, 0) is 80.5 Å². The molecule has 2 atom stereocenters. The van der Waals surface area contributed by atoms with Gasteiger partial charge in [0, 0.05) is 49.6 Å². The summed E-state index contributed by atoms with van der Waals surface area (Å²) in [7, 11) is 3.22. The first-order chi connectivity index (χ1) is 19.0. The molecule has 0 bridgehead atoms. The van der Waals surface area contributed by atoms with Crippen LogP contribution in [0.3, 0.4) is 0 Å². The molecule has 5 rings (SSSR count). The fourth-order valence-electron chi connectivity index (χ4n) is 6.44. The first-order valence-corrected chi connectivity index (χ1v) is 14.7. The van der Waals surface area contributed by atoms with Crippen molar-refractivity contribution in [1.29, 1.82) is 0 Å². The number of hydrogen-bond donors (Lipinski definition) is 0. The van der Waals surface area contributed by atoms with Gasteiger partial charge in [0.25, 0.3) is 5.91 Å². The molecule has 2 aliphatic heterocycles. The fraction of sp³-hybridized carbons (Fsp3) is 0.562. The third-order valence-corrected chi connectivity index (χ3v) is 8.52. The van der Waals surface area contributed by atoms with Crippen LogP contribution in [-0.4, -0.2) is 64.0 Å². The summed E-state index contributed by atoms with van der Waals surface area (Å²) in [6.07, 6.45) is 11.2. The maximum absolute atomic E-state index is 14.1. The van der Waals surface area contributed by atoms with Gasteiger partial charge in [-0.25, -0.2) is 0 Å². The molecule has 1 saturated heterocycles. The van der Waals surface area contributed by atoms with E-state index in [1.165, 1.54) is 51.6 Å². The Hall–Kier alpha value is -3.06. The number of likely N-dealkylation sites (tertiary alicyclic amines) is 1. The minimum atomic E-state index is -0.0178. The Kier molecular flexibility index (Phi) is 9.07. The van der Waals surface area contributed by atoms with E-state index in [4.69, 9.17) is 9.47 Å². The summed E-state index contributed by atoms with van der Waals surface area (Å²) in [5.41, 5.74) is 2.52. The number of carbonyl (C=O) groups is 1. The van der Waals surface area contributed by atoms with Crippen LogP contribution in [0.5, 0.6) is 11.5 Å². The predicted octanol–water partition coefficient (Wildman–Crippen LogP) is 6.08. The summed E-state index contributed by atoms with van der Waals surface area (Å²) in [5.74, 6) is 2.84. The number of rotatable bonds is 9. The number of benzene rings is 2. The summed E-state index contributed by atoms with van der Waals surface area (Å²) >= 11 is 0. The number of piperidine rings is 1. The second-order valence-corrected chi connectivity index (χ2v) is 11.6. The van der Waals surface area contributed by atoms with Crippen LogP contribution >= 0.6 is 0 Å². The van der Waals surface area contributed by atoms with Gasteiger partial charge in [0.1, 0.15) is 0 Å². The molecule has 2 aromatic rings. The van der Waals surface area contributed by atoms with Crippen LogP contribution in [-0.2, 0) is 0 Å². The molecule has 39 heavy (non-hydrogen) atoms. The van der Waals surface area contributed by atoms with Crippen molar-refractivity contribution in [1.82, 2.24) is 4.90 Å². The van der Waals surface area contributed by atoms with Gasteiger partial charge < -0.3 is 19.3 Å². The highest BCUT2D eigenvalue weighted by molar-refractivity contribution is 6.06. The Labute approximate surface area is 233 Å². The molecule has 0 radical (unpaired) electrons. The maximum atomic E-state index is 14.1. The summed E-state index contributed by atoms with van der Waals surface area (Å²) in [6, 6.07) is 13.7. The molecular weight excluding hydrogens is 488 g/mol. The quantitative estimate of drug-likeness (QED) is 0.392. The molecule has 2 fully saturated rings. The maximum Gasteiger partial charge on any atom is 0.258 e. The number of hydrogen-bond acceptors (Lipinski definition) is 6. The zero-order valence-corrected chi connectivity index (χ0v) is 23.8. The lowest BCUT2D eigenvalue weighted by Gasteiger charge is -2.38. The third-order valence-electron chi connectivity index (χ3n) is 8.52. The SMILES string of the molecule is COc1ccc(C(=O)N(C[C@@H]2CCCN(CC3CCCCC3)C2)c2cccc(N3CC(C)C=N3)c2)cc1OC. The summed E-state index contributed by atoms with van der Waals surface area (Å²) < 4.78 is 10.9. The summed E-state index contributed by atoms with van der Waals surface area (Å²) in [6.45, 7) is 7.16. The topological polar surface area (TPSA) is 57.6 Å². The second-order valence-electron chi connectivity index (χ2n) is 11.6. The number of amides is 1. The Balaban J connectivity index is 1.39. The van der Waals surface area contributed by atoms with Crippen molar-refractivity contribution in [3.8, 4) is 11.5 Å². The van der Waals surface area contributed by atoms with Gasteiger partial charge in [0.05, 0.1) is 19.9 Å². The van der Waals surface area contributed by atoms with Gasteiger partial charge in [-0.2, -0.15) is 5.10 Å². The lowest BCUT2D eigenvalue weighted by Crippen LogP contribution is -2.44. The Morgan fingerprint density at radius 1 is 0.949 bits per heavy atom. The van der Waals surface area contributed by atoms with E-state index in [0.29, 0.717) is 35.4 Å². The second kappa shape index (κ2) is 12.9. The van der Waals surface area contributed by atoms with Gasteiger partial charge in [-0.3, -0.25) is 9.80 Å². The van der Waals surface area contributed by atoms with Crippen LogP contribution in [0, 0.1) is 17.8 Å². The molecule has 1 aliphatic carbocycles. The van der Waals surface area contributed by atoms with Crippen molar-refractivity contribution < 1.29 is 14.3 Å². The molecule has 2 aromatic carbocycles. The molecule has 7 heteroatoms. The van der Waals surface area contributed by atoms with Crippen molar-refractivity contribution in [2.45, 2.75) is 51.9 Å². The lowest BCUT2D eigenvalue weighted by atomic mass is 9.88. The van der Waals surface area contributed by atoms with E-state index in [2.05, 4.69) is 29.1 Å². The Bertz CT molecular complexity index is 1150. The molecular formula is C32H44N4O3. The van der Waals surface area contributed by atoms with E-state index >= 15 is 0 Å². The minimum absolute atomic E-state index is 0.0178. The van der Waals surface area contributed by atoms with Crippen LogP contribution in [0.15, 0.2) is 47.6 Å². The number of anilines is 2. The molecule has 0 N–H and O–H groups in total. The fourth-order valence-corrected chi connectivity index (χ4v) is 6.44.